The molecular weight excluding hydrogens is 282 g/mol. The number of rotatable bonds is 4. The molecule has 0 atom stereocenters. The zero-order valence-corrected chi connectivity index (χ0v) is 12.5. The fraction of sp³-hybridized carbons (Fsp3) is 0.176. The third kappa shape index (κ3) is 2.72. The molecule has 1 heterocycles. The van der Waals surface area contributed by atoms with Crippen molar-refractivity contribution in [3.63, 3.8) is 0 Å². The van der Waals surface area contributed by atoms with Crippen LogP contribution in [-0.2, 0) is 6.54 Å². The van der Waals surface area contributed by atoms with Crippen molar-refractivity contribution in [3.05, 3.63) is 65.2 Å². The molecule has 21 heavy (non-hydrogen) atoms. The van der Waals surface area contributed by atoms with Crippen molar-refractivity contribution in [1.82, 2.24) is 4.90 Å². The normalized spacial score (nSPS) is 13.4. The van der Waals surface area contributed by atoms with Crippen molar-refractivity contribution < 1.29 is 9.59 Å². The van der Waals surface area contributed by atoms with Crippen molar-refractivity contribution >= 4 is 23.5 Å². The molecule has 4 heteroatoms. The molecule has 2 aromatic carbocycles. The first kappa shape index (κ1) is 13.9. The third-order valence-corrected chi connectivity index (χ3v) is 4.39. The minimum Gasteiger partial charge on any atom is -0.327 e. The Morgan fingerprint density at radius 2 is 1.86 bits per heavy atom. The first-order valence-electron chi connectivity index (χ1n) is 6.73. The van der Waals surface area contributed by atoms with Gasteiger partial charge in [0.05, 0.1) is 6.54 Å². The lowest BCUT2D eigenvalue weighted by Gasteiger charge is -2.14. The number of benzene rings is 2. The molecular formula is C17H15NO2S. The summed E-state index contributed by atoms with van der Waals surface area (Å²) in [4.78, 5) is 27.3. The number of carbonyl (C=O) groups is 2. The lowest BCUT2D eigenvalue weighted by molar-refractivity contribution is 0.0729. The number of thioether (sulfide) groups is 1. The SMILES string of the molecule is CSc1ccc(C(=O)CN2Cc3ccccc3C2=O)cc1. The van der Waals surface area contributed by atoms with Crippen molar-refractivity contribution in [2.75, 3.05) is 12.8 Å². The fourth-order valence-electron chi connectivity index (χ4n) is 2.48. The molecule has 1 amide bonds. The molecule has 0 fully saturated rings. The molecule has 0 aromatic heterocycles. The zero-order chi connectivity index (χ0) is 14.8. The molecule has 0 radical (unpaired) electrons. The second-order valence-electron chi connectivity index (χ2n) is 4.97. The molecule has 0 saturated heterocycles. The molecule has 1 aliphatic rings. The molecule has 0 bridgehead atoms. The maximum absolute atomic E-state index is 12.3. The van der Waals surface area contributed by atoms with Gasteiger partial charge in [0, 0.05) is 22.6 Å². The van der Waals surface area contributed by atoms with Gasteiger partial charge >= 0.3 is 0 Å². The first-order valence-corrected chi connectivity index (χ1v) is 7.96. The van der Waals surface area contributed by atoms with E-state index in [0.29, 0.717) is 17.7 Å². The highest BCUT2D eigenvalue weighted by atomic mass is 32.2. The van der Waals surface area contributed by atoms with E-state index in [1.165, 1.54) is 0 Å². The summed E-state index contributed by atoms with van der Waals surface area (Å²) < 4.78 is 0. The van der Waals surface area contributed by atoms with Crippen LogP contribution in [0.5, 0.6) is 0 Å². The molecule has 0 saturated carbocycles. The highest BCUT2D eigenvalue weighted by Gasteiger charge is 2.28. The molecule has 106 valence electrons. The Bertz CT molecular complexity index is 694. The van der Waals surface area contributed by atoms with Crippen LogP contribution in [0.2, 0.25) is 0 Å². The van der Waals surface area contributed by atoms with E-state index in [-0.39, 0.29) is 18.2 Å². The Hall–Kier alpha value is -2.07. The lowest BCUT2D eigenvalue weighted by Crippen LogP contribution is -2.30. The maximum atomic E-state index is 12.3. The van der Waals surface area contributed by atoms with Crippen LogP contribution in [0.1, 0.15) is 26.3 Å². The largest absolute Gasteiger partial charge is 0.327 e. The van der Waals surface area contributed by atoms with Crippen LogP contribution in [-0.4, -0.2) is 29.4 Å². The standard InChI is InChI=1S/C17H15NO2S/c1-21-14-8-6-12(7-9-14)16(19)11-18-10-13-4-2-3-5-15(13)17(18)20/h2-9H,10-11H2,1H3. The number of fused-ring (bicyclic) bond motifs is 1. The molecule has 0 unspecified atom stereocenters. The van der Waals surface area contributed by atoms with Crippen molar-refractivity contribution in [2.45, 2.75) is 11.4 Å². The van der Waals surface area contributed by atoms with Crippen molar-refractivity contribution in [2.24, 2.45) is 0 Å². The molecule has 3 rings (SSSR count). The summed E-state index contributed by atoms with van der Waals surface area (Å²) in [5, 5.41) is 0. The smallest absolute Gasteiger partial charge is 0.254 e. The van der Waals surface area contributed by atoms with E-state index >= 15 is 0 Å². The Morgan fingerprint density at radius 3 is 2.52 bits per heavy atom. The van der Waals surface area contributed by atoms with E-state index in [2.05, 4.69) is 0 Å². The second-order valence-corrected chi connectivity index (χ2v) is 5.85. The average molecular weight is 297 g/mol. The summed E-state index contributed by atoms with van der Waals surface area (Å²) in [6.07, 6.45) is 2.00. The average Bonchev–Trinajstić information content (AvgIpc) is 2.84. The Morgan fingerprint density at radius 1 is 1.14 bits per heavy atom. The predicted molar refractivity (Wildman–Crippen MR) is 83.7 cm³/mol. The highest BCUT2D eigenvalue weighted by molar-refractivity contribution is 7.98. The molecule has 0 aliphatic carbocycles. The van der Waals surface area contributed by atoms with Crippen LogP contribution < -0.4 is 0 Å². The topological polar surface area (TPSA) is 37.4 Å². The Labute approximate surface area is 128 Å². The summed E-state index contributed by atoms with van der Waals surface area (Å²) in [6, 6.07) is 15.0. The first-order chi connectivity index (χ1) is 10.2. The van der Waals surface area contributed by atoms with Crippen LogP contribution in [0.4, 0.5) is 0 Å². The van der Waals surface area contributed by atoms with Gasteiger partial charge in [-0.05, 0) is 30.0 Å². The summed E-state index contributed by atoms with van der Waals surface area (Å²) in [7, 11) is 0. The third-order valence-electron chi connectivity index (χ3n) is 3.64. The number of nitrogens with zero attached hydrogens (tertiary/aromatic N) is 1. The maximum Gasteiger partial charge on any atom is 0.254 e. The van der Waals surface area contributed by atoms with E-state index in [0.717, 1.165) is 10.5 Å². The van der Waals surface area contributed by atoms with Gasteiger partial charge in [-0.3, -0.25) is 9.59 Å². The van der Waals surface area contributed by atoms with E-state index in [9.17, 15) is 9.59 Å². The molecule has 3 nitrogen and oxygen atoms in total. The monoisotopic (exact) mass is 297 g/mol. The van der Waals surface area contributed by atoms with Crippen molar-refractivity contribution in [3.8, 4) is 0 Å². The summed E-state index contributed by atoms with van der Waals surface area (Å²) >= 11 is 1.64. The number of Topliss-reactive ketones (excluding diaryl/α,β-unsaturated/α-hetero) is 1. The number of carbonyl (C=O) groups excluding carboxylic acids is 2. The quantitative estimate of drug-likeness (QED) is 0.642. The molecule has 2 aromatic rings. The Balaban J connectivity index is 1.73. The van der Waals surface area contributed by atoms with Crippen LogP contribution in [0.25, 0.3) is 0 Å². The lowest BCUT2D eigenvalue weighted by atomic mass is 10.1. The van der Waals surface area contributed by atoms with Gasteiger partial charge in [-0.25, -0.2) is 0 Å². The summed E-state index contributed by atoms with van der Waals surface area (Å²) in [5.74, 6) is -0.0801. The van der Waals surface area contributed by atoms with Gasteiger partial charge in [0.25, 0.3) is 5.91 Å². The number of hydrogen-bond acceptors (Lipinski definition) is 3. The fourth-order valence-corrected chi connectivity index (χ4v) is 2.89. The van der Waals surface area contributed by atoms with Crippen LogP contribution in [0.15, 0.2) is 53.4 Å². The molecule has 1 aliphatic heterocycles. The number of ketones is 1. The molecule has 0 spiro atoms. The van der Waals surface area contributed by atoms with Gasteiger partial charge in [-0.2, -0.15) is 0 Å². The summed E-state index contributed by atoms with van der Waals surface area (Å²) in [5.41, 5.74) is 2.35. The van der Waals surface area contributed by atoms with Gasteiger partial charge in [0.1, 0.15) is 0 Å². The van der Waals surface area contributed by atoms with Gasteiger partial charge in [0.2, 0.25) is 0 Å². The van der Waals surface area contributed by atoms with Crippen LogP contribution in [0.3, 0.4) is 0 Å². The highest BCUT2D eigenvalue weighted by Crippen LogP contribution is 2.22. The van der Waals surface area contributed by atoms with Crippen molar-refractivity contribution in [1.29, 1.82) is 0 Å². The van der Waals surface area contributed by atoms with E-state index in [1.807, 2.05) is 54.8 Å². The van der Waals surface area contributed by atoms with E-state index in [1.54, 1.807) is 16.7 Å². The molecule has 0 N–H and O–H groups in total. The summed E-state index contributed by atoms with van der Waals surface area (Å²) in [6.45, 7) is 0.649. The van der Waals surface area contributed by atoms with Gasteiger partial charge in [-0.15, -0.1) is 11.8 Å². The number of hydrogen-bond donors (Lipinski definition) is 0. The Kier molecular flexibility index (Phi) is 3.80. The van der Waals surface area contributed by atoms with Gasteiger partial charge < -0.3 is 4.90 Å². The second kappa shape index (κ2) is 5.74. The van der Waals surface area contributed by atoms with E-state index in [4.69, 9.17) is 0 Å². The van der Waals surface area contributed by atoms with Gasteiger partial charge in [-0.1, -0.05) is 30.3 Å². The zero-order valence-electron chi connectivity index (χ0n) is 11.7. The number of amides is 1. The van der Waals surface area contributed by atoms with Crippen LogP contribution in [0, 0.1) is 0 Å². The predicted octanol–water partition coefficient (Wildman–Crippen LogP) is 3.25. The minimum atomic E-state index is -0.0558. The van der Waals surface area contributed by atoms with Gasteiger partial charge in [0.15, 0.2) is 5.78 Å². The van der Waals surface area contributed by atoms with Crippen LogP contribution >= 0.6 is 11.8 Å². The minimum absolute atomic E-state index is 0.0243. The van der Waals surface area contributed by atoms with E-state index < -0.39 is 0 Å².